The van der Waals surface area contributed by atoms with Gasteiger partial charge in [-0.3, -0.25) is 8.68 Å². The Morgan fingerprint density at radius 2 is 0.629 bits per heavy atom. The fourth-order valence-electron chi connectivity index (χ4n) is 9.63. The van der Waals surface area contributed by atoms with Gasteiger partial charge in [-0.1, -0.05) is 146 Å². The Balaban J connectivity index is 1.06. The Morgan fingerprint density at radius 3 is 0.952 bits per heavy atom. The molecule has 294 valence electrons. The maximum atomic E-state index is 16.1. The number of aromatic nitrogens is 2. The predicted octanol–water partition coefficient (Wildman–Crippen LogP) is 14.1. The van der Waals surface area contributed by atoms with E-state index in [1.54, 1.807) is 0 Å². The average molecular weight is 837 g/mol. The number of para-hydroxylation sites is 2. The molecule has 0 aliphatic carbocycles. The molecule has 0 fully saturated rings. The molecule has 2 aliphatic heterocycles. The van der Waals surface area contributed by atoms with Gasteiger partial charge in [0, 0.05) is 21.5 Å². The zero-order valence-electron chi connectivity index (χ0n) is 33.1. The van der Waals surface area contributed by atoms with Crippen molar-refractivity contribution in [1.29, 1.82) is 0 Å². The van der Waals surface area contributed by atoms with Gasteiger partial charge in [0.1, 0.15) is 11.0 Å². The van der Waals surface area contributed by atoms with Crippen LogP contribution in [0.5, 0.6) is 11.5 Å². The van der Waals surface area contributed by atoms with Crippen LogP contribution in [0.25, 0.3) is 88.1 Å². The van der Waals surface area contributed by atoms with Gasteiger partial charge in [0.05, 0.1) is 21.6 Å². The molecule has 0 spiro atoms. The molecule has 8 heteroatoms. The summed E-state index contributed by atoms with van der Waals surface area (Å²) in [7, 11) is -7.63. The number of benzene rings is 9. The summed E-state index contributed by atoms with van der Waals surface area (Å²) in [6.07, 6.45) is 0. The maximum absolute atomic E-state index is 16.1. The normalized spacial score (nSPS) is 17.5. The SMILES string of the molecule is O=P1(c2cc(-c3ccccc3)cc(-c3ccccc3)c2)Oc2cccc3c4cc5c(cc4n1c23)c1cccc2c1n5P(=O)(c1cc(-c3ccccc3)cc(-c3ccccc3)c1)O2. The van der Waals surface area contributed by atoms with E-state index in [1.807, 2.05) is 130 Å². The van der Waals surface area contributed by atoms with E-state index in [2.05, 4.69) is 84.9 Å². The zero-order valence-corrected chi connectivity index (χ0v) is 34.8. The van der Waals surface area contributed by atoms with Gasteiger partial charge in [-0.05, 0) is 105 Å². The highest BCUT2D eigenvalue weighted by Crippen LogP contribution is 2.64. The number of hydrogen-bond acceptors (Lipinski definition) is 4. The fraction of sp³-hybridized carbons (Fsp3) is 0. The van der Waals surface area contributed by atoms with E-state index < -0.39 is 15.0 Å². The van der Waals surface area contributed by atoms with E-state index >= 15 is 9.13 Å². The summed E-state index contributed by atoms with van der Waals surface area (Å²) >= 11 is 0. The molecule has 4 heterocycles. The summed E-state index contributed by atoms with van der Waals surface area (Å²) in [6.45, 7) is 0. The van der Waals surface area contributed by atoms with Crippen molar-refractivity contribution in [2.45, 2.75) is 0 Å². The van der Waals surface area contributed by atoms with Crippen LogP contribution in [0.4, 0.5) is 0 Å². The zero-order chi connectivity index (χ0) is 41.2. The standard InChI is InChI=1S/C54H34N2O4P2/c57-61(43-29-39(35-15-5-1-6-16-35)27-40(30-43)36-17-7-2-8-18-36)55-49-33-48-46-24-14-26-52-54(46)56(50(48)34-47(49)45-23-13-25-51(59-61)53(45)55)62(58,60-52)44-31-41(37-19-9-3-10-20-37)28-42(32-44)38-21-11-4-12-22-38/h1-34H. The monoisotopic (exact) mass is 836 g/mol. The minimum Gasteiger partial charge on any atom is -0.423 e. The van der Waals surface area contributed by atoms with Crippen molar-refractivity contribution in [2.75, 3.05) is 0 Å². The molecule has 0 saturated carbocycles. The van der Waals surface area contributed by atoms with Crippen LogP contribution in [0.15, 0.2) is 206 Å². The second-order valence-electron chi connectivity index (χ2n) is 16.0. The number of fused-ring (bicyclic) bond motifs is 6. The molecule has 0 amide bonds. The number of hydrogen-bond donors (Lipinski definition) is 0. The molecule has 0 radical (unpaired) electrons. The molecule has 62 heavy (non-hydrogen) atoms. The summed E-state index contributed by atoms with van der Waals surface area (Å²) in [5.41, 5.74) is 11.0. The molecule has 6 nitrogen and oxygen atoms in total. The molecule has 2 aliphatic rings. The van der Waals surface area contributed by atoms with Gasteiger partial charge in [-0.2, -0.15) is 0 Å². The van der Waals surface area contributed by atoms with E-state index in [0.717, 1.165) is 88.1 Å². The van der Waals surface area contributed by atoms with Crippen LogP contribution in [-0.2, 0) is 9.13 Å². The van der Waals surface area contributed by atoms with Crippen molar-refractivity contribution in [2.24, 2.45) is 0 Å². The Bertz CT molecular complexity index is 3390. The van der Waals surface area contributed by atoms with Crippen molar-refractivity contribution in [1.82, 2.24) is 8.68 Å². The molecule has 2 atom stereocenters. The molecule has 13 rings (SSSR count). The maximum Gasteiger partial charge on any atom is 0.378 e. The van der Waals surface area contributed by atoms with Crippen molar-refractivity contribution < 1.29 is 18.2 Å². The first-order chi connectivity index (χ1) is 30.4. The van der Waals surface area contributed by atoms with Crippen LogP contribution < -0.4 is 19.7 Å². The molecular weight excluding hydrogens is 803 g/mol. The lowest BCUT2D eigenvalue weighted by Gasteiger charge is -2.20. The third-order valence-electron chi connectivity index (χ3n) is 12.5. The van der Waals surface area contributed by atoms with Crippen LogP contribution in [0.3, 0.4) is 0 Å². The minimum absolute atomic E-state index is 0.567. The second kappa shape index (κ2) is 13.1. The van der Waals surface area contributed by atoms with Crippen molar-refractivity contribution >= 4 is 69.3 Å². The Morgan fingerprint density at radius 1 is 0.306 bits per heavy atom. The lowest BCUT2D eigenvalue weighted by Crippen LogP contribution is -2.14. The van der Waals surface area contributed by atoms with Gasteiger partial charge in [-0.25, -0.2) is 9.13 Å². The summed E-state index contributed by atoms with van der Waals surface area (Å²) in [4.78, 5) is 0. The minimum atomic E-state index is -3.81. The van der Waals surface area contributed by atoms with E-state index in [9.17, 15) is 0 Å². The van der Waals surface area contributed by atoms with E-state index in [4.69, 9.17) is 9.05 Å². The van der Waals surface area contributed by atoms with Crippen LogP contribution in [0, 0.1) is 0 Å². The van der Waals surface area contributed by atoms with Gasteiger partial charge in [0.2, 0.25) is 0 Å². The van der Waals surface area contributed by atoms with Gasteiger partial charge < -0.3 is 9.05 Å². The second-order valence-corrected chi connectivity index (χ2v) is 20.3. The Kier molecular flexibility index (Phi) is 7.46. The fourth-order valence-corrected chi connectivity index (χ4v) is 14.3. The molecule has 2 unspecified atom stereocenters. The Hall–Kier alpha value is -7.36. The summed E-state index contributed by atoms with van der Waals surface area (Å²) in [6, 6.07) is 69.2. The topological polar surface area (TPSA) is 62.5 Å². The van der Waals surface area contributed by atoms with Crippen LogP contribution in [-0.4, -0.2) is 8.68 Å². The molecule has 0 bridgehead atoms. The van der Waals surface area contributed by atoms with E-state index in [1.165, 1.54) is 0 Å². The number of rotatable bonds is 6. The lowest BCUT2D eigenvalue weighted by molar-refractivity contribution is 0.497. The molecule has 0 saturated heterocycles. The third kappa shape index (κ3) is 5.06. The van der Waals surface area contributed by atoms with Crippen molar-refractivity contribution in [3.63, 3.8) is 0 Å². The summed E-state index contributed by atoms with van der Waals surface area (Å²) in [5.74, 6) is 1.13. The van der Waals surface area contributed by atoms with Crippen LogP contribution >= 0.6 is 15.0 Å². The first-order valence-corrected chi connectivity index (χ1v) is 23.8. The van der Waals surface area contributed by atoms with Gasteiger partial charge in [0.15, 0.2) is 11.5 Å². The quantitative estimate of drug-likeness (QED) is 0.157. The van der Waals surface area contributed by atoms with E-state index in [-0.39, 0.29) is 0 Å². The largest absolute Gasteiger partial charge is 0.423 e. The summed E-state index contributed by atoms with van der Waals surface area (Å²) in [5, 5.41) is 4.80. The molecular formula is C54H34N2O4P2. The van der Waals surface area contributed by atoms with Crippen molar-refractivity contribution in [3.05, 3.63) is 206 Å². The smallest absolute Gasteiger partial charge is 0.378 e. The highest BCUT2D eigenvalue weighted by Gasteiger charge is 2.44. The van der Waals surface area contributed by atoms with Gasteiger partial charge in [-0.15, -0.1) is 0 Å². The van der Waals surface area contributed by atoms with Gasteiger partial charge >= 0.3 is 15.0 Å². The predicted molar refractivity (Wildman–Crippen MR) is 254 cm³/mol. The third-order valence-corrected chi connectivity index (χ3v) is 17.1. The average Bonchev–Trinajstić information content (AvgIpc) is 4.05. The lowest BCUT2D eigenvalue weighted by atomic mass is 9.99. The van der Waals surface area contributed by atoms with Crippen LogP contribution in [0.2, 0.25) is 0 Å². The highest BCUT2D eigenvalue weighted by atomic mass is 31.2. The van der Waals surface area contributed by atoms with Gasteiger partial charge in [0.25, 0.3) is 0 Å². The molecule has 2 aromatic heterocycles. The summed E-state index contributed by atoms with van der Waals surface area (Å²) < 4.78 is 49.4. The van der Waals surface area contributed by atoms with E-state index in [0.29, 0.717) is 22.1 Å². The molecule has 0 N–H and O–H groups in total. The molecule has 9 aromatic carbocycles. The first-order valence-electron chi connectivity index (χ1n) is 20.6. The molecule has 11 aromatic rings. The Labute approximate surface area is 356 Å². The first kappa shape index (κ1) is 35.4. The van der Waals surface area contributed by atoms with Crippen LogP contribution in [0.1, 0.15) is 0 Å². The highest BCUT2D eigenvalue weighted by molar-refractivity contribution is 7.67. The van der Waals surface area contributed by atoms with Crippen molar-refractivity contribution in [3.8, 4) is 56.0 Å². The number of nitrogens with zero attached hydrogens (tertiary/aromatic N) is 2.